The van der Waals surface area contributed by atoms with E-state index in [1.165, 1.54) is 12.1 Å². The summed E-state index contributed by atoms with van der Waals surface area (Å²) in [6.45, 7) is 4.89. The molecule has 0 radical (unpaired) electrons. The Bertz CT molecular complexity index is 644. The number of benzene rings is 1. The Hall–Kier alpha value is -2.21. The number of aromatic nitrogens is 2. The zero-order chi connectivity index (χ0) is 14.8. The summed E-state index contributed by atoms with van der Waals surface area (Å²) in [7, 11) is 0. The Morgan fingerprint density at radius 1 is 1.24 bits per heavy atom. The largest absolute Gasteiger partial charge is 0.335 e. The minimum Gasteiger partial charge on any atom is -0.335 e. The van der Waals surface area contributed by atoms with Gasteiger partial charge in [0.1, 0.15) is 5.82 Å². The molecule has 1 amide bonds. The average molecular weight is 288 g/mol. The predicted molar refractivity (Wildman–Crippen MR) is 77.0 cm³/mol. The average Bonchev–Trinajstić information content (AvgIpc) is 2.90. The van der Waals surface area contributed by atoms with Crippen LogP contribution in [-0.4, -0.2) is 46.8 Å². The Morgan fingerprint density at radius 3 is 2.57 bits per heavy atom. The molecule has 1 saturated heterocycles. The molecule has 2 heterocycles. The molecule has 1 fully saturated rings. The lowest BCUT2D eigenvalue weighted by Gasteiger charge is -2.26. The van der Waals surface area contributed by atoms with Crippen LogP contribution in [0.25, 0.3) is 5.69 Å². The molecule has 1 aliphatic rings. The summed E-state index contributed by atoms with van der Waals surface area (Å²) in [5.74, 6) is -0.346. The normalized spacial score (nSPS) is 15.2. The van der Waals surface area contributed by atoms with Crippen molar-refractivity contribution >= 4 is 5.91 Å². The zero-order valence-corrected chi connectivity index (χ0v) is 11.8. The maximum absolute atomic E-state index is 13.0. The summed E-state index contributed by atoms with van der Waals surface area (Å²) >= 11 is 0. The molecule has 0 spiro atoms. The number of carbonyl (C=O) groups excluding carboxylic acids is 1. The number of nitrogens with zero attached hydrogens (tertiary/aromatic N) is 3. The van der Waals surface area contributed by atoms with Gasteiger partial charge >= 0.3 is 0 Å². The molecule has 6 heteroatoms. The Kier molecular flexibility index (Phi) is 3.70. The molecule has 1 aromatic carbocycles. The number of hydrogen-bond donors (Lipinski definition) is 1. The van der Waals surface area contributed by atoms with E-state index >= 15 is 0 Å². The van der Waals surface area contributed by atoms with Gasteiger partial charge in [0.15, 0.2) is 5.69 Å². The van der Waals surface area contributed by atoms with Crippen LogP contribution in [0.2, 0.25) is 0 Å². The lowest BCUT2D eigenvalue weighted by molar-refractivity contribution is 0.0729. The van der Waals surface area contributed by atoms with Crippen molar-refractivity contribution in [2.75, 3.05) is 26.2 Å². The van der Waals surface area contributed by atoms with Crippen LogP contribution in [0.1, 0.15) is 16.2 Å². The third kappa shape index (κ3) is 2.80. The Labute approximate surface area is 122 Å². The van der Waals surface area contributed by atoms with E-state index in [0.717, 1.165) is 24.5 Å². The molecule has 0 aliphatic carbocycles. The summed E-state index contributed by atoms with van der Waals surface area (Å²) < 4.78 is 14.6. The van der Waals surface area contributed by atoms with Gasteiger partial charge in [0.2, 0.25) is 0 Å². The van der Waals surface area contributed by atoms with Crippen molar-refractivity contribution in [1.82, 2.24) is 20.0 Å². The van der Waals surface area contributed by atoms with E-state index in [9.17, 15) is 9.18 Å². The van der Waals surface area contributed by atoms with Gasteiger partial charge in [-0.1, -0.05) is 0 Å². The van der Waals surface area contributed by atoms with Crippen molar-refractivity contribution < 1.29 is 9.18 Å². The van der Waals surface area contributed by atoms with Gasteiger partial charge in [0.25, 0.3) is 5.91 Å². The standard InChI is InChI=1S/C15H17FN4O/c1-11-10-14(15(21)19-8-6-17-7-9-19)18-20(11)13-4-2-12(16)3-5-13/h2-5,10,17H,6-9H2,1H3. The van der Waals surface area contributed by atoms with Crippen LogP contribution < -0.4 is 5.32 Å². The summed E-state index contributed by atoms with van der Waals surface area (Å²) in [5, 5.41) is 7.58. The molecule has 1 aliphatic heterocycles. The van der Waals surface area contributed by atoms with Gasteiger partial charge in [-0.15, -0.1) is 0 Å². The van der Waals surface area contributed by atoms with Crippen molar-refractivity contribution in [2.24, 2.45) is 0 Å². The maximum atomic E-state index is 13.0. The number of nitrogens with one attached hydrogen (secondary N) is 1. The highest BCUT2D eigenvalue weighted by Gasteiger charge is 2.21. The van der Waals surface area contributed by atoms with E-state index < -0.39 is 0 Å². The smallest absolute Gasteiger partial charge is 0.274 e. The lowest BCUT2D eigenvalue weighted by Crippen LogP contribution is -2.46. The topological polar surface area (TPSA) is 50.2 Å². The number of rotatable bonds is 2. The molecule has 2 aromatic rings. The van der Waals surface area contributed by atoms with Gasteiger partial charge < -0.3 is 10.2 Å². The fraction of sp³-hybridized carbons (Fsp3) is 0.333. The Morgan fingerprint density at radius 2 is 1.90 bits per heavy atom. The van der Waals surface area contributed by atoms with Gasteiger partial charge in [-0.05, 0) is 37.3 Å². The predicted octanol–water partition coefficient (Wildman–Crippen LogP) is 1.37. The van der Waals surface area contributed by atoms with Crippen molar-refractivity contribution in [3.63, 3.8) is 0 Å². The monoisotopic (exact) mass is 288 g/mol. The first-order valence-corrected chi connectivity index (χ1v) is 6.98. The fourth-order valence-corrected chi connectivity index (χ4v) is 2.45. The molecule has 0 unspecified atom stereocenters. The third-order valence-electron chi connectivity index (χ3n) is 3.58. The second kappa shape index (κ2) is 5.65. The van der Waals surface area contributed by atoms with Crippen molar-refractivity contribution in [3.8, 4) is 5.69 Å². The fourth-order valence-electron chi connectivity index (χ4n) is 2.45. The Balaban J connectivity index is 1.86. The molecule has 3 rings (SSSR count). The van der Waals surface area contributed by atoms with Crippen LogP contribution in [-0.2, 0) is 0 Å². The highest BCUT2D eigenvalue weighted by Crippen LogP contribution is 2.14. The summed E-state index contributed by atoms with van der Waals surface area (Å²) in [4.78, 5) is 14.2. The van der Waals surface area contributed by atoms with Gasteiger partial charge in [-0.3, -0.25) is 4.79 Å². The summed E-state index contributed by atoms with van der Waals surface area (Å²) in [5.41, 5.74) is 2.02. The number of carbonyl (C=O) groups is 1. The number of hydrogen-bond acceptors (Lipinski definition) is 3. The number of piperazine rings is 1. The highest BCUT2D eigenvalue weighted by atomic mass is 19.1. The second-order valence-corrected chi connectivity index (χ2v) is 5.10. The van der Waals surface area contributed by atoms with Crippen LogP contribution in [0.5, 0.6) is 0 Å². The molecule has 5 nitrogen and oxygen atoms in total. The summed E-state index contributed by atoms with van der Waals surface area (Å²) in [6, 6.07) is 7.83. The third-order valence-corrected chi connectivity index (χ3v) is 3.58. The second-order valence-electron chi connectivity index (χ2n) is 5.10. The van der Waals surface area contributed by atoms with E-state index in [4.69, 9.17) is 0 Å². The number of aryl methyl sites for hydroxylation is 1. The first-order valence-electron chi connectivity index (χ1n) is 6.98. The van der Waals surface area contributed by atoms with Crippen molar-refractivity contribution in [3.05, 3.63) is 47.5 Å². The van der Waals surface area contributed by atoms with E-state index in [1.54, 1.807) is 27.8 Å². The van der Waals surface area contributed by atoms with Crippen LogP contribution in [0.15, 0.2) is 30.3 Å². The molecule has 1 aromatic heterocycles. The zero-order valence-electron chi connectivity index (χ0n) is 11.8. The first kappa shape index (κ1) is 13.8. The number of halogens is 1. The molecule has 21 heavy (non-hydrogen) atoms. The van der Waals surface area contributed by atoms with E-state index in [0.29, 0.717) is 18.8 Å². The molecular weight excluding hydrogens is 271 g/mol. The lowest BCUT2D eigenvalue weighted by atomic mass is 10.3. The van der Waals surface area contributed by atoms with Gasteiger partial charge in [0, 0.05) is 31.9 Å². The van der Waals surface area contributed by atoms with E-state index in [-0.39, 0.29) is 11.7 Å². The van der Waals surface area contributed by atoms with Crippen LogP contribution in [0.4, 0.5) is 4.39 Å². The minimum absolute atomic E-state index is 0.0551. The molecule has 110 valence electrons. The van der Waals surface area contributed by atoms with Crippen LogP contribution >= 0.6 is 0 Å². The highest BCUT2D eigenvalue weighted by molar-refractivity contribution is 5.92. The van der Waals surface area contributed by atoms with Gasteiger partial charge in [0.05, 0.1) is 5.69 Å². The van der Waals surface area contributed by atoms with Crippen LogP contribution in [0, 0.1) is 12.7 Å². The minimum atomic E-state index is -0.291. The molecular formula is C15H17FN4O. The van der Waals surface area contributed by atoms with Gasteiger partial charge in [-0.25, -0.2) is 9.07 Å². The van der Waals surface area contributed by atoms with Gasteiger partial charge in [-0.2, -0.15) is 5.10 Å². The van der Waals surface area contributed by atoms with Crippen LogP contribution in [0.3, 0.4) is 0 Å². The summed E-state index contributed by atoms with van der Waals surface area (Å²) in [6.07, 6.45) is 0. The molecule has 0 atom stereocenters. The molecule has 0 saturated carbocycles. The van der Waals surface area contributed by atoms with E-state index in [2.05, 4.69) is 10.4 Å². The first-order chi connectivity index (χ1) is 10.1. The number of amides is 1. The molecule has 0 bridgehead atoms. The van der Waals surface area contributed by atoms with E-state index in [1.807, 2.05) is 6.92 Å². The van der Waals surface area contributed by atoms with Crippen molar-refractivity contribution in [2.45, 2.75) is 6.92 Å². The molecule has 1 N–H and O–H groups in total. The maximum Gasteiger partial charge on any atom is 0.274 e. The SMILES string of the molecule is Cc1cc(C(=O)N2CCNCC2)nn1-c1ccc(F)cc1. The quantitative estimate of drug-likeness (QED) is 0.908. The van der Waals surface area contributed by atoms with Crippen molar-refractivity contribution in [1.29, 1.82) is 0 Å².